The van der Waals surface area contributed by atoms with E-state index in [1.165, 1.54) is 11.3 Å². The predicted octanol–water partition coefficient (Wildman–Crippen LogP) is 5.40. The van der Waals surface area contributed by atoms with Crippen LogP contribution in [0.25, 0.3) is 27.7 Å². The quantitative estimate of drug-likeness (QED) is 0.412. The second-order valence-corrected chi connectivity index (χ2v) is 7.45. The van der Waals surface area contributed by atoms with E-state index in [1.807, 2.05) is 55.5 Å². The molecule has 0 aliphatic rings. The third-order valence-electron chi connectivity index (χ3n) is 4.70. The van der Waals surface area contributed by atoms with E-state index >= 15 is 0 Å². The SMILES string of the molecule is CC(c1ccc(-c2ccccc2)c(F)c1)c1nn2c(-c3ccco3)nnc2s1. The van der Waals surface area contributed by atoms with Gasteiger partial charge in [0, 0.05) is 11.5 Å². The Bertz CT molecular complexity index is 1240. The zero-order valence-electron chi connectivity index (χ0n) is 14.9. The first-order valence-corrected chi connectivity index (χ1v) is 9.63. The highest BCUT2D eigenvalue weighted by atomic mass is 32.1. The first-order chi connectivity index (χ1) is 13.7. The third-order valence-corrected chi connectivity index (χ3v) is 5.78. The van der Waals surface area contributed by atoms with Gasteiger partial charge in [-0.25, -0.2) is 4.39 Å². The van der Waals surface area contributed by atoms with E-state index in [4.69, 9.17) is 4.42 Å². The van der Waals surface area contributed by atoms with Gasteiger partial charge >= 0.3 is 0 Å². The molecule has 0 fully saturated rings. The number of benzene rings is 2. The molecule has 7 heteroatoms. The molecule has 0 bridgehead atoms. The molecule has 1 unspecified atom stereocenters. The second kappa shape index (κ2) is 6.69. The standard InChI is InChI=1S/C21H15FN4OS/c1-13(15-9-10-16(17(22)12-15)14-6-3-2-4-7-14)20-25-26-19(18-8-5-11-27-18)23-24-21(26)28-20/h2-13H,1H3. The van der Waals surface area contributed by atoms with Gasteiger partial charge < -0.3 is 4.42 Å². The van der Waals surface area contributed by atoms with Gasteiger partial charge in [0.05, 0.1) is 6.26 Å². The lowest BCUT2D eigenvalue weighted by Gasteiger charge is -2.11. The molecule has 138 valence electrons. The highest BCUT2D eigenvalue weighted by Crippen LogP contribution is 2.32. The fourth-order valence-corrected chi connectivity index (χ4v) is 4.08. The molecular formula is C21H15FN4OS. The third kappa shape index (κ3) is 2.80. The van der Waals surface area contributed by atoms with Crippen LogP contribution in [0, 0.1) is 5.82 Å². The van der Waals surface area contributed by atoms with E-state index in [0.29, 0.717) is 22.1 Å². The summed E-state index contributed by atoms with van der Waals surface area (Å²) in [6.07, 6.45) is 1.59. The molecule has 3 heterocycles. The van der Waals surface area contributed by atoms with Crippen molar-refractivity contribution in [3.63, 3.8) is 0 Å². The number of hydrogen-bond donors (Lipinski definition) is 0. The smallest absolute Gasteiger partial charge is 0.235 e. The Balaban J connectivity index is 1.50. The summed E-state index contributed by atoms with van der Waals surface area (Å²) in [5, 5.41) is 13.8. The van der Waals surface area contributed by atoms with E-state index in [-0.39, 0.29) is 11.7 Å². The van der Waals surface area contributed by atoms with Gasteiger partial charge in [-0.2, -0.15) is 9.61 Å². The summed E-state index contributed by atoms with van der Waals surface area (Å²) >= 11 is 1.44. The van der Waals surface area contributed by atoms with Gasteiger partial charge in [-0.1, -0.05) is 60.7 Å². The molecule has 3 aromatic heterocycles. The van der Waals surface area contributed by atoms with Crippen LogP contribution < -0.4 is 0 Å². The van der Waals surface area contributed by atoms with Gasteiger partial charge in [-0.15, -0.1) is 10.2 Å². The molecule has 0 aliphatic carbocycles. The van der Waals surface area contributed by atoms with Crippen molar-refractivity contribution in [2.24, 2.45) is 0 Å². The molecule has 0 aliphatic heterocycles. The van der Waals surface area contributed by atoms with Crippen molar-refractivity contribution < 1.29 is 8.81 Å². The van der Waals surface area contributed by atoms with Gasteiger partial charge in [-0.3, -0.25) is 0 Å². The maximum absolute atomic E-state index is 14.7. The van der Waals surface area contributed by atoms with Crippen molar-refractivity contribution in [3.05, 3.63) is 83.3 Å². The lowest BCUT2D eigenvalue weighted by molar-refractivity contribution is 0.574. The maximum Gasteiger partial charge on any atom is 0.235 e. The molecular weight excluding hydrogens is 375 g/mol. The van der Waals surface area contributed by atoms with E-state index in [2.05, 4.69) is 15.3 Å². The Morgan fingerprint density at radius 1 is 1.04 bits per heavy atom. The second-order valence-electron chi connectivity index (χ2n) is 6.46. The Labute approximate surface area is 164 Å². The summed E-state index contributed by atoms with van der Waals surface area (Å²) in [5.41, 5.74) is 2.32. The number of rotatable bonds is 4. The number of nitrogens with zero attached hydrogens (tertiary/aromatic N) is 4. The van der Waals surface area contributed by atoms with Crippen molar-refractivity contribution >= 4 is 16.3 Å². The molecule has 5 rings (SSSR count). The van der Waals surface area contributed by atoms with Crippen LogP contribution in [-0.4, -0.2) is 19.8 Å². The van der Waals surface area contributed by atoms with Gasteiger partial charge in [0.15, 0.2) is 5.76 Å². The van der Waals surface area contributed by atoms with Gasteiger partial charge in [-0.05, 0) is 29.3 Å². The molecule has 2 aromatic carbocycles. The van der Waals surface area contributed by atoms with Crippen molar-refractivity contribution in [1.82, 2.24) is 19.8 Å². The van der Waals surface area contributed by atoms with Crippen LogP contribution in [0.5, 0.6) is 0 Å². The average molecular weight is 390 g/mol. The van der Waals surface area contributed by atoms with E-state index in [0.717, 1.165) is 16.1 Å². The lowest BCUT2D eigenvalue weighted by atomic mass is 9.97. The molecule has 0 amide bonds. The van der Waals surface area contributed by atoms with Crippen LogP contribution in [0.1, 0.15) is 23.4 Å². The molecule has 28 heavy (non-hydrogen) atoms. The van der Waals surface area contributed by atoms with Gasteiger partial charge in [0.2, 0.25) is 10.8 Å². The molecule has 5 aromatic rings. The number of aromatic nitrogens is 4. The summed E-state index contributed by atoms with van der Waals surface area (Å²) in [7, 11) is 0. The van der Waals surface area contributed by atoms with E-state index in [9.17, 15) is 4.39 Å². The first-order valence-electron chi connectivity index (χ1n) is 8.81. The molecule has 0 saturated carbocycles. The molecule has 0 N–H and O–H groups in total. The molecule has 0 saturated heterocycles. The monoisotopic (exact) mass is 390 g/mol. The molecule has 5 nitrogen and oxygen atoms in total. The van der Waals surface area contributed by atoms with Gasteiger partial charge in [0.25, 0.3) is 0 Å². The number of halogens is 1. The van der Waals surface area contributed by atoms with E-state index < -0.39 is 0 Å². The topological polar surface area (TPSA) is 56.2 Å². The summed E-state index contributed by atoms with van der Waals surface area (Å²) < 4.78 is 21.8. The summed E-state index contributed by atoms with van der Waals surface area (Å²) in [6.45, 7) is 2.01. The van der Waals surface area contributed by atoms with Crippen molar-refractivity contribution in [2.75, 3.05) is 0 Å². The summed E-state index contributed by atoms with van der Waals surface area (Å²) in [5.74, 6) is 0.848. The molecule has 0 radical (unpaired) electrons. The average Bonchev–Trinajstić information content (AvgIpc) is 3.45. The lowest BCUT2D eigenvalue weighted by Crippen LogP contribution is -1.99. The minimum absolute atomic E-state index is 0.0736. The Hall–Kier alpha value is -3.32. The Morgan fingerprint density at radius 3 is 2.64 bits per heavy atom. The zero-order chi connectivity index (χ0) is 19.1. The maximum atomic E-state index is 14.7. The van der Waals surface area contributed by atoms with E-state index in [1.54, 1.807) is 22.9 Å². The van der Waals surface area contributed by atoms with Crippen molar-refractivity contribution in [2.45, 2.75) is 12.8 Å². The van der Waals surface area contributed by atoms with Crippen LogP contribution in [0.4, 0.5) is 4.39 Å². The minimum Gasteiger partial charge on any atom is -0.461 e. The first kappa shape index (κ1) is 16.8. The minimum atomic E-state index is -0.241. The number of hydrogen-bond acceptors (Lipinski definition) is 5. The predicted molar refractivity (Wildman–Crippen MR) is 106 cm³/mol. The van der Waals surface area contributed by atoms with Crippen LogP contribution in [0.15, 0.2) is 71.3 Å². The van der Waals surface area contributed by atoms with Gasteiger partial charge in [0.1, 0.15) is 10.8 Å². The zero-order valence-corrected chi connectivity index (χ0v) is 15.7. The highest BCUT2D eigenvalue weighted by Gasteiger charge is 2.20. The van der Waals surface area contributed by atoms with Crippen LogP contribution in [-0.2, 0) is 0 Å². The van der Waals surface area contributed by atoms with Crippen molar-refractivity contribution in [1.29, 1.82) is 0 Å². The molecule has 0 spiro atoms. The Kier molecular flexibility index (Phi) is 4.02. The van der Waals surface area contributed by atoms with Crippen LogP contribution >= 0.6 is 11.3 Å². The normalized spacial score (nSPS) is 12.5. The van der Waals surface area contributed by atoms with Crippen molar-refractivity contribution in [3.8, 4) is 22.7 Å². The summed E-state index contributed by atoms with van der Waals surface area (Å²) in [4.78, 5) is 0.676. The largest absolute Gasteiger partial charge is 0.461 e. The fourth-order valence-electron chi connectivity index (χ4n) is 3.16. The molecule has 1 atom stereocenters. The Morgan fingerprint density at radius 2 is 1.89 bits per heavy atom. The highest BCUT2D eigenvalue weighted by molar-refractivity contribution is 7.16. The summed E-state index contributed by atoms with van der Waals surface area (Å²) in [6, 6.07) is 18.5. The fraction of sp³-hybridized carbons (Fsp3) is 0.0952. The van der Waals surface area contributed by atoms with Crippen LogP contribution in [0.3, 0.4) is 0 Å². The number of fused-ring (bicyclic) bond motifs is 1. The number of furan rings is 1. The van der Waals surface area contributed by atoms with Crippen LogP contribution in [0.2, 0.25) is 0 Å².